The SMILES string of the molecule is CC[C@H](C)NC(=O)[C@@H](C)N(Cc1cccc(OC)c1)C(=O)CN(c1ccccc1OC)S(=O)(=O)c1ccc(C)cc1. The number of methoxy groups -OCH3 is 2. The summed E-state index contributed by atoms with van der Waals surface area (Å²) < 4.78 is 39.9. The third kappa shape index (κ3) is 7.79. The number of aryl methyl sites for hydroxylation is 1. The summed E-state index contributed by atoms with van der Waals surface area (Å²) in [4.78, 5) is 28.7. The van der Waals surface area contributed by atoms with E-state index in [-0.39, 0.29) is 34.8 Å². The minimum absolute atomic E-state index is 0.0312. The lowest BCUT2D eigenvalue weighted by molar-refractivity contribution is -0.139. The maximum atomic E-state index is 14.1. The molecule has 0 aliphatic rings. The summed E-state index contributed by atoms with van der Waals surface area (Å²) in [6.07, 6.45) is 0.721. The zero-order valence-electron chi connectivity index (χ0n) is 24.5. The molecule has 3 aromatic carbocycles. The molecule has 0 bridgehead atoms. The van der Waals surface area contributed by atoms with Crippen LogP contribution >= 0.6 is 0 Å². The van der Waals surface area contributed by atoms with E-state index in [1.807, 2.05) is 26.8 Å². The summed E-state index contributed by atoms with van der Waals surface area (Å²) in [5.41, 5.74) is 1.84. The van der Waals surface area contributed by atoms with Gasteiger partial charge in [0.25, 0.3) is 10.0 Å². The number of hydrogen-bond donors (Lipinski definition) is 1. The Hall–Kier alpha value is -4.05. The highest BCUT2D eigenvalue weighted by molar-refractivity contribution is 7.92. The minimum atomic E-state index is -4.20. The van der Waals surface area contributed by atoms with Gasteiger partial charge in [-0.2, -0.15) is 0 Å². The first-order valence-electron chi connectivity index (χ1n) is 13.5. The Bertz CT molecular complexity index is 1440. The summed E-state index contributed by atoms with van der Waals surface area (Å²) >= 11 is 0. The molecule has 0 heterocycles. The molecule has 3 aromatic rings. The fourth-order valence-electron chi connectivity index (χ4n) is 4.20. The average molecular weight is 582 g/mol. The maximum Gasteiger partial charge on any atom is 0.264 e. The van der Waals surface area contributed by atoms with Crippen molar-refractivity contribution in [2.24, 2.45) is 0 Å². The molecule has 2 amide bonds. The predicted molar refractivity (Wildman–Crippen MR) is 160 cm³/mol. The van der Waals surface area contributed by atoms with Gasteiger partial charge in [0.2, 0.25) is 11.8 Å². The molecule has 1 N–H and O–H groups in total. The van der Waals surface area contributed by atoms with Gasteiger partial charge in [-0.25, -0.2) is 8.42 Å². The quantitative estimate of drug-likeness (QED) is 0.318. The lowest BCUT2D eigenvalue weighted by Gasteiger charge is -2.32. The number of benzene rings is 3. The van der Waals surface area contributed by atoms with Crippen LogP contribution in [0.1, 0.15) is 38.3 Å². The fraction of sp³-hybridized carbons (Fsp3) is 0.355. The number of ether oxygens (including phenoxy) is 2. The van der Waals surface area contributed by atoms with Gasteiger partial charge >= 0.3 is 0 Å². The Morgan fingerprint density at radius 2 is 1.61 bits per heavy atom. The number of carbonyl (C=O) groups is 2. The van der Waals surface area contributed by atoms with Crippen LogP contribution < -0.4 is 19.1 Å². The van der Waals surface area contributed by atoms with Crippen LogP contribution in [-0.4, -0.2) is 58.0 Å². The summed E-state index contributed by atoms with van der Waals surface area (Å²) in [7, 11) is -1.21. The van der Waals surface area contributed by atoms with Crippen molar-refractivity contribution in [2.45, 2.75) is 57.6 Å². The smallest absolute Gasteiger partial charge is 0.264 e. The van der Waals surface area contributed by atoms with Crippen molar-refractivity contribution in [1.29, 1.82) is 0 Å². The van der Waals surface area contributed by atoms with E-state index in [0.717, 1.165) is 21.9 Å². The highest BCUT2D eigenvalue weighted by Gasteiger charge is 2.34. The molecule has 0 spiro atoms. The monoisotopic (exact) mass is 581 g/mol. The molecule has 2 atom stereocenters. The Kier molecular flexibility index (Phi) is 10.8. The lowest BCUT2D eigenvalue weighted by Crippen LogP contribution is -2.52. The van der Waals surface area contributed by atoms with Gasteiger partial charge in [-0.1, -0.05) is 48.9 Å². The van der Waals surface area contributed by atoms with Gasteiger partial charge in [-0.05, 0) is 69.2 Å². The Morgan fingerprint density at radius 3 is 2.24 bits per heavy atom. The fourth-order valence-corrected chi connectivity index (χ4v) is 5.63. The third-order valence-electron chi connectivity index (χ3n) is 6.90. The van der Waals surface area contributed by atoms with Crippen LogP contribution in [0.25, 0.3) is 0 Å². The van der Waals surface area contributed by atoms with E-state index < -0.39 is 28.5 Å². The van der Waals surface area contributed by atoms with Gasteiger partial charge in [-0.15, -0.1) is 0 Å². The molecular weight excluding hydrogens is 542 g/mol. The number of sulfonamides is 1. The second-order valence-electron chi connectivity index (χ2n) is 9.86. The molecular formula is C31H39N3O6S. The van der Waals surface area contributed by atoms with Crippen LogP contribution in [0.15, 0.2) is 77.7 Å². The number of carbonyl (C=O) groups excluding carboxylic acids is 2. The zero-order chi connectivity index (χ0) is 30.2. The van der Waals surface area contributed by atoms with E-state index >= 15 is 0 Å². The highest BCUT2D eigenvalue weighted by atomic mass is 32.2. The van der Waals surface area contributed by atoms with E-state index in [9.17, 15) is 18.0 Å². The molecule has 220 valence electrons. The van der Waals surface area contributed by atoms with Gasteiger partial charge in [0.15, 0.2) is 0 Å². The number of hydrogen-bond acceptors (Lipinski definition) is 6. The molecule has 41 heavy (non-hydrogen) atoms. The first kappa shape index (κ1) is 31.5. The van der Waals surface area contributed by atoms with E-state index in [1.165, 1.54) is 24.1 Å². The van der Waals surface area contributed by atoms with Crippen LogP contribution in [0.5, 0.6) is 11.5 Å². The van der Waals surface area contributed by atoms with Gasteiger partial charge in [-0.3, -0.25) is 13.9 Å². The summed E-state index contributed by atoms with van der Waals surface area (Å²) in [6, 6.07) is 19.2. The van der Waals surface area contributed by atoms with Gasteiger partial charge in [0, 0.05) is 12.6 Å². The number of anilines is 1. The third-order valence-corrected chi connectivity index (χ3v) is 8.67. The van der Waals surface area contributed by atoms with Gasteiger partial charge in [0.05, 0.1) is 24.8 Å². The van der Waals surface area contributed by atoms with Crippen molar-refractivity contribution in [3.05, 3.63) is 83.9 Å². The zero-order valence-corrected chi connectivity index (χ0v) is 25.3. The van der Waals surface area contributed by atoms with Crippen LogP contribution in [0.4, 0.5) is 5.69 Å². The van der Waals surface area contributed by atoms with Crippen LogP contribution in [0, 0.1) is 6.92 Å². The molecule has 0 saturated carbocycles. The van der Waals surface area contributed by atoms with E-state index in [4.69, 9.17) is 9.47 Å². The topological polar surface area (TPSA) is 105 Å². The highest BCUT2D eigenvalue weighted by Crippen LogP contribution is 2.32. The molecule has 3 rings (SSSR count). The largest absolute Gasteiger partial charge is 0.497 e. The van der Waals surface area contributed by atoms with E-state index in [0.29, 0.717) is 5.75 Å². The molecule has 9 nitrogen and oxygen atoms in total. The van der Waals surface area contributed by atoms with Crippen LogP contribution in [-0.2, 0) is 26.2 Å². The maximum absolute atomic E-state index is 14.1. The number of nitrogens with zero attached hydrogens (tertiary/aromatic N) is 2. The number of nitrogens with one attached hydrogen (secondary N) is 1. The second kappa shape index (κ2) is 14.0. The van der Waals surface area contributed by atoms with Crippen molar-refractivity contribution >= 4 is 27.5 Å². The van der Waals surface area contributed by atoms with Crippen LogP contribution in [0.2, 0.25) is 0 Å². The van der Waals surface area contributed by atoms with Gasteiger partial charge in [0.1, 0.15) is 24.1 Å². The molecule has 0 aromatic heterocycles. The molecule has 0 aliphatic carbocycles. The van der Waals surface area contributed by atoms with Gasteiger partial charge < -0.3 is 19.7 Å². The van der Waals surface area contributed by atoms with Crippen molar-refractivity contribution in [1.82, 2.24) is 10.2 Å². The first-order valence-corrected chi connectivity index (χ1v) is 14.9. The second-order valence-corrected chi connectivity index (χ2v) is 11.7. The molecule has 0 radical (unpaired) electrons. The minimum Gasteiger partial charge on any atom is -0.497 e. The number of amides is 2. The standard InChI is InChI=1S/C31H39N3O6S/c1-7-23(3)32-31(36)24(4)33(20-25-11-10-12-26(19-25)39-5)30(35)21-34(28-13-8-9-14-29(28)40-6)41(37,38)27-17-15-22(2)16-18-27/h8-19,23-24H,7,20-21H2,1-6H3,(H,32,36)/t23-,24+/m0/s1. The normalized spacial score (nSPS) is 12.6. The molecule has 0 fully saturated rings. The molecule has 0 saturated heterocycles. The van der Waals surface area contributed by atoms with Crippen molar-refractivity contribution < 1.29 is 27.5 Å². The Labute approximate surface area is 243 Å². The Balaban J connectivity index is 2.07. The van der Waals surface area contributed by atoms with Crippen molar-refractivity contribution in [3.8, 4) is 11.5 Å². The molecule has 10 heteroatoms. The molecule has 0 aliphatic heterocycles. The predicted octanol–water partition coefficient (Wildman–Crippen LogP) is 4.54. The summed E-state index contributed by atoms with van der Waals surface area (Å²) in [6.45, 7) is 6.85. The summed E-state index contributed by atoms with van der Waals surface area (Å²) in [5, 5.41) is 2.93. The average Bonchev–Trinajstić information content (AvgIpc) is 2.98. The van der Waals surface area contributed by atoms with Crippen molar-refractivity contribution in [3.63, 3.8) is 0 Å². The van der Waals surface area contributed by atoms with E-state index in [1.54, 1.807) is 68.6 Å². The lowest BCUT2D eigenvalue weighted by atomic mass is 10.1. The summed E-state index contributed by atoms with van der Waals surface area (Å²) in [5.74, 6) is 0.00384. The first-order chi connectivity index (χ1) is 19.5. The number of rotatable bonds is 13. The van der Waals surface area contributed by atoms with E-state index in [2.05, 4.69) is 5.32 Å². The molecule has 0 unspecified atom stereocenters. The van der Waals surface area contributed by atoms with Crippen LogP contribution in [0.3, 0.4) is 0 Å². The van der Waals surface area contributed by atoms with Crippen molar-refractivity contribution in [2.75, 3.05) is 25.1 Å². The Morgan fingerprint density at radius 1 is 0.927 bits per heavy atom. The number of para-hydroxylation sites is 2.